The van der Waals surface area contributed by atoms with Crippen molar-refractivity contribution in [3.8, 4) is 0 Å². The van der Waals surface area contributed by atoms with Crippen molar-refractivity contribution in [3.63, 3.8) is 0 Å². The van der Waals surface area contributed by atoms with Crippen LogP contribution in [0, 0.1) is 0 Å². The molecule has 0 aromatic heterocycles. The van der Waals surface area contributed by atoms with Gasteiger partial charge in [-0.2, -0.15) is 0 Å². The van der Waals surface area contributed by atoms with Crippen LogP contribution in [0.2, 0.25) is 10.0 Å². The molecule has 0 fully saturated rings. The van der Waals surface area contributed by atoms with Gasteiger partial charge < -0.3 is 19.9 Å². The van der Waals surface area contributed by atoms with Crippen molar-refractivity contribution in [2.45, 2.75) is 19.4 Å². The lowest BCUT2D eigenvalue weighted by molar-refractivity contribution is -0.305. The highest BCUT2D eigenvalue weighted by molar-refractivity contribution is 6.35. The van der Waals surface area contributed by atoms with Crippen molar-refractivity contribution in [1.82, 2.24) is 4.90 Å². The zero-order chi connectivity index (χ0) is 17.3. The number of hydrogen-bond acceptors (Lipinski definition) is 5. The van der Waals surface area contributed by atoms with Gasteiger partial charge in [0.15, 0.2) is 11.5 Å². The molecule has 8 heteroatoms. The molecule has 6 nitrogen and oxygen atoms in total. The number of Topliss-reactive ketones (excluding diaryl/α,β-unsaturated/α-hetero) is 1. The number of ketones is 1. The molecule has 1 aromatic carbocycles. The monoisotopic (exact) mass is 356 g/mol. The molecule has 122 valence electrons. The molecule has 0 saturated heterocycles. The number of benzene rings is 1. The first kappa shape index (κ1) is 17.3. The van der Waals surface area contributed by atoms with Crippen LogP contribution in [-0.4, -0.2) is 34.2 Å². The second-order valence-electron chi connectivity index (χ2n) is 5.01. The number of carbonyl (C=O) groups excluding carboxylic acids is 3. The summed E-state index contributed by atoms with van der Waals surface area (Å²) in [5, 5.41) is 21.2. The number of carboxylic acid groups (broad SMARTS) is 1. The van der Waals surface area contributed by atoms with Gasteiger partial charge in [-0.05, 0) is 24.6 Å². The van der Waals surface area contributed by atoms with Crippen LogP contribution in [0.5, 0.6) is 0 Å². The van der Waals surface area contributed by atoms with Crippen LogP contribution in [0.15, 0.2) is 29.5 Å². The van der Waals surface area contributed by atoms with Gasteiger partial charge in [-0.25, -0.2) is 0 Å². The Morgan fingerprint density at radius 1 is 1.35 bits per heavy atom. The molecule has 0 radical (unpaired) electrons. The SMILES string of the molecule is CC(=O)C1=C(O)C(=O)N(CCC(=O)[O-])[C@@H]1c1ccc(Cl)cc1Cl. The topological polar surface area (TPSA) is 97.7 Å². The smallest absolute Gasteiger partial charge is 0.290 e. The Hall–Kier alpha value is -2.05. The molecule has 1 aromatic rings. The summed E-state index contributed by atoms with van der Waals surface area (Å²) < 4.78 is 0. The first-order valence-corrected chi connectivity index (χ1v) is 7.39. The fraction of sp³-hybridized carbons (Fsp3) is 0.267. The van der Waals surface area contributed by atoms with Crippen LogP contribution in [0.1, 0.15) is 24.9 Å². The molecule has 1 aliphatic rings. The Balaban J connectivity index is 2.53. The highest BCUT2D eigenvalue weighted by Crippen LogP contribution is 2.41. The van der Waals surface area contributed by atoms with Crippen molar-refractivity contribution in [2.24, 2.45) is 0 Å². The summed E-state index contributed by atoms with van der Waals surface area (Å²) in [5.41, 5.74) is 0.245. The number of hydrogen-bond donors (Lipinski definition) is 1. The van der Waals surface area contributed by atoms with E-state index in [9.17, 15) is 24.6 Å². The Morgan fingerprint density at radius 2 is 2.00 bits per heavy atom. The van der Waals surface area contributed by atoms with Crippen molar-refractivity contribution in [2.75, 3.05) is 6.54 Å². The molecule has 1 atom stereocenters. The third-order valence-corrected chi connectivity index (χ3v) is 4.06. The summed E-state index contributed by atoms with van der Waals surface area (Å²) in [6, 6.07) is 3.52. The molecule has 23 heavy (non-hydrogen) atoms. The summed E-state index contributed by atoms with van der Waals surface area (Å²) in [5.74, 6) is -3.39. The fourth-order valence-corrected chi connectivity index (χ4v) is 3.01. The van der Waals surface area contributed by atoms with E-state index in [1.807, 2.05) is 0 Å². The normalized spacial score (nSPS) is 17.8. The quantitative estimate of drug-likeness (QED) is 0.860. The predicted molar refractivity (Wildman–Crippen MR) is 80.9 cm³/mol. The Morgan fingerprint density at radius 3 is 2.52 bits per heavy atom. The molecule has 2 rings (SSSR count). The van der Waals surface area contributed by atoms with E-state index in [4.69, 9.17) is 23.2 Å². The van der Waals surface area contributed by atoms with Gasteiger partial charge in [0.2, 0.25) is 0 Å². The van der Waals surface area contributed by atoms with Crippen molar-refractivity contribution in [1.29, 1.82) is 0 Å². The highest BCUT2D eigenvalue weighted by Gasteiger charge is 2.42. The lowest BCUT2D eigenvalue weighted by Crippen LogP contribution is -2.35. The molecule has 1 heterocycles. The van der Waals surface area contributed by atoms with Crippen molar-refractivity contribution >= 4 is 40.9 Å². The first-order chi connectivity index (χ1) is 10.7. The predicted octanol–water partition coefficient (Wildman–Crippen LogP) is 1.42. The minimum absolute atomic E-state index is 0.127. The van der Waals surface area contributed by atoms with Crippen LogP contribution in [0.3, 0.4) is 0 Å². The van der Waals surface area contributed by atoms with Gasteiger partial charge in [0.05, 0.1) is 11.6 Å². The van der Waals surface area contributed by atoms with Crippen LogP contribution in [0.4, 0.5) is 0 Å². The summed E-state index contributed by atoms with van der Waals surface area (Å²) in [4.78, 5) is 35.8. The van der Waals surface area contributed by atoms with E-state index >= 15 is 0 Å². The molecule has 1 amide bonds. The maximum absolute atomic E-state index is 12.2. The number of carbonyl (C=O) groups is 3. The second-order valence-corrected chi connectivity index (χ2v) is 5.85. The summed E-state index contributed by atoms with van der Waals surface area (Å²) in [7, 11) is 0. The minimum atomic E-state index is -1.35. The average Bonchev–Trinajstić information content (AvgIpc) is 2.69. The maximum atomic E-state index is 12.2. The lowest BCUT2D eigenvalue weighted by atomic mass is 9.96. The third-order valence-electron chi connectivity index (χ3n) is 3.50. The Kier molecular flexibility index (Phi) is 4.97. The van der Waals surface area contributed by atoms with Gasteiger partial charge in [-0.1, -0.05) is 29.3 Å². The van der Waals surface area contributed by atoms with Gasteiger partial charge in [-0.3, -0.25) is 9.59 Å². The number of aliphatic hydroxyl groups excluding tert-OH is 1. The number of rotatable bonds is 5. The van der Waals surface area contributed by atoms with E-state index in [0.717, 1.165) is 4.90 Å². The number of carboxylic acids is 1. The molecule has 0 aliphatic carbocycles. The molecule has 0 bridgehead atoms. The van der Waals surface area contributed by atoms with Crippen LogP contribution in [0.25, 0.3) is 0 Å². The lowest BCUT2D eigenvalue weighted by Gasteiger charge is -2.27. The van der Waals surface area contributed by atoms with Gasteiger partial charge in [0.25, 0.3) is 5.91 Å². The number of nitrogens with zero attached hydrogens (tertiary/aromatic N) is 1. The van der Waals surface area contributed by atoms with E-state index < -0.39 is 35.9 Å². The summed E-state index contributed by atoms with van der Waals surface area (Å²) >= 11 is 12.0. The average molecular weight is 357 g/mol. The Bertz CT molecular complexity index is 729. The zero-order valence-electron chi connectivity index (χ0n) is 12.0. The standard InChI is InChI=1S/C15H13Cl2NO5/c1-7(19)12-13(9-3-2-8(16)6-10(9)17)18(5-4-11(20)21)15(23)14(12)22/h2-3,6,13,22H,4-5H2,1H3,(H,20,21)/p-1/t13-/m1/s1. The zero-order valence-corrected chi connectivity index (χ0v) is 13.5. The molecule has 1 N–H and O–H groups in total. The van der Waals surface area contributed by atoms with Crippen molar-refractivity contribution in [3.05, 3.63) is 45.1 Å². The summed E-state index contributed by atoms with van der Waals surface area (Å²) in [6.07, 6.45) is -0.439. The second kappa shape index (κ2) is 6.60. The van der Waals surface area contributed by atoms with Crippen LogP contribution >= 0.6 is 23.2 Å². The van der Waals surface area contributed by atoms with E-state index in [1.54, 1.807) is 0 Å². The van der Waals surface area contributed by atoms with Gasteiger partial charge in [0, 0.05) is 29.0 Å². The van der Waals surface area contributed by atoms with Crippen LogP contribution in [-0.2, 0) is 14.4 Å². The number of halogens is 2. The number of aliphatic carboxylic acids is 1. The van der Waals surface area contributed by atoms with Gasteiger partial charge in [-0.15, -0.1) is 0 Å². The molecule has 0 spiro atoms. The number of aliphatic hydroxyl groups is 1. The maximum Gasteiger partial charge on any atom is 0.290 e. The molecular weight excluding hydrogens is 345 g/mol. The summed E-state index contributed by atoms with van der Waals surface area (Å²) in [6.45, 7) is 0.976. The number of amides is 1. The van der Waals surface area contributed by atoms with Crippen molar-refractivity contribution < 1.29 is 24.6 Å². The molecular formula is C15H12Cl2NO5-. The third kappa shape index (κ3) is 3.33. The van der Waals surface area contributed by atoms with Crippen LogP contribution < -0.4 is 5.11 Å². The van der Waals surface area contributed by atoms with E-state index in [1.165, 1.54) is 25.1 Å². The first-order valence-electron chi connectivity index (χ1n) is 6.64. The van der Waals surface area contributed by atoms with Gasteiger partial charge >= 0.3 is 0 Å². The minimum Gasteiger partial charge on any atom is -0.550 e. The Labute approximate surface area is 141 Å². The fourth-order valence-electron chi connectivity index (χ4n) is 2.50. The molecule has 0 saturated carbocycles. The molecule has 1 aliphatic heterocycles. The van der Waals surface area contributed by atoms with E-state index in [2.05, 4.69) is 0 Å². The largest absolute Gasteiger partial charge is 0.550 e. The van der Waals surface area contributed by atoms with E-state index in [0.29, 0.717) is 10.6 Å². The highest BCUT2D eigenvalue weighted by atomic mass is 35.5. The molecule has 0 unspecified atom stereocenters. The van der Waals surface area contributed by atoms with E-state index in [-0.39, 0.29) is 17.1 Å². The van der Waals surface area contributed by atoms with Gasteiger partial charge in [0.1, 0.15) is 0 Å².